The molecule has 1 aliphatic rings. The van der Waals surface area contributed by atoms with E-state index in [0.29, 0.717) is 18.7 Å². The molecule has 1 saturated heterocycles. The van der Waals surface area contributed by atoms with Gasteiger partial charge in [-0.25, -0.2) is 8.42 Å². The number of benzene rings is 1. The zero-order valence-electron chi connectivity index (χ0n) is 12.9. The zero-order valence-corrected chi connectivity index (χ0v) is 15.3. The Kier molecular flexibility index (Phi) is 4.59. The average Bonchev–Trinajstić information content (AvgIpc) is 3.16. The lowest BCUT2D eigenvalue weighted by Gasteiger charge is -2.14. The van der Waals surface area contributed by atoms with Crippen LogP contribution in [0.2, 0.25) is 0 Å². The fraction of sp³-hybridized carbons (Fsp3) is 0.357. The number of amides is 1. The first-order valence-corrected chi connectivity index (χ1v) is 9.65. The molecule has 2 heterocycles. The summed E-state index contributed by atoms with van der Waals surface area (Å²) in [6.07, 6.45) is 1.87. The lowest BCUT2D eigenvalue weighted by Crippen LogP contribution is -2.29. The van der Waals surface area contributed by atoms with Crippen molar-refractivity contribution in [3.63, 3.8) is 0 Å². The molecular weight excluding hydrogens is 398 g/mol. The van der Waals surface area contributed by atoms with Crippen molar-refractivity contribution in [3.8, 4) is 0 Å². The highest BCUT2D eigenvalue weighted by atomic mass is 79.9. The predicted octanol–water partition coefficient (Wildman–Crippen LogP) is 1.91. The molecular formula is C14H16BrN5O3S. The number of hydrogen-bond acceptors (Lipinski definition) is 5. The molecule has 1 aromatic heterocycles. The number of nitrogens with one attached hydrogen (secondary N) is 2. The molecule has 0 spiro atoms. The Morgan fingerprint density at radius 2 is 2.00 bits per heavy atom. The molecule has 2 N–H and O–H groups in total. The number of anilines is 1. The van der Waals surface area contributed by atoms with Gasteiger partial charge in [0.2, 0.25) is 0 Å². The van der Waals surface area contributed by atoms with E-state index < -0.39 is 10.0 Å². The summed E-state index contributed by atoms with van der Waals surface area (Å²) >= 11 is 3.30. The van der Waals surface area contributed by atoms with Gasteiger partial charge in [0.05, 0.1) is 4.90 Å². The molecule has 2 aromatic rings. The predicted molar refractivity (Wildman–Crippen MR) is 91.2 cm³/mol. The van der Waals surface area contributed by atoms with Crippen LogP contribution in [0.1, 0.15) is 28.9 Å². The van der Waals surface area contributed by atoms with E-state index in [0.717, 1.165) is 17.3 Å². The molecule has 1 aliphatic heterocycles. The molecule has 0 atom stereocenters. The number of likely N-dealkylation sites (tertiary alicyclic amines) is 1. The molecule has 1 fully saturated rings. The number of hydrogen-bond donors (Lipinski definition) is 2. The summed E-state index contributed by atoms with van der Waals surface area (Å²) in [6.45, 7) is 2.98. The van der Waals surface area contributed by atoms with E-state index in [4.69, 9.17) is 0 Å². The van der Waals surface area contributed by atoms with Gasteiger partial charge in [0.25, 0.3) is 15.9 Å². The molecule has 1 amide bonds. The van der Waals surface area contributed by atoms with Gasteiger partial charge in [-0.3, -0.25) is 9.52 Å². The van der Waals surface area contributed by atoms with Crippen LogP contribution in [-0.2, 0) is 10.0 Å². The largest absolute Gasteiger partial charge is 0.337 e. The molecule has 3 rings (SSSR count). The Morgan fingerprint density at radius 3 is 2.67 bits per heavy atom. The van der Waals surface area contributed by atoms with E-state index in [-0.39, 0.29) is 22.3 Å². The third-order valence-electron chi connectivity index (χ3n) is 3.80. The Balaban J connectivity index is 1.88. The minimum absolute atomic E-state index is 0.0183. The maximum absolute atomic E-state index is 12.6. The van der Waals surface area contributed by atoms with E-state index in [9.17, 15) is 13.2 Å². The van der Waals surface area contributed by atoms with Gasteiger partial charge in [0.15, 0.2) is 11.5 Å². The fourth-order valence-electron chi connectivity index (χ4n) is 2.62. The van der Waals surface area contributed by atoms with Crippen LogP contribution in [0.15, 0.2) is 27.6 Å². The van der Waals surface area contributed by atoms with Crippen LogP contribution in [0.4, 0.5) is 5.82 Å². The summed E-state index contributed by atoms with van der Waals surface area (Å²) in [5, 5.41) is 9.92. The van der Waals surface area contributed by atoms with Crippen molar-refractivity contribution in [2.24, 2.45) is 0 Å². The van der Waals surface area contributed by atoms with E-state index in [2.05, 4.69) is 36.1 Å². The first kappa shape index (κ1) is 16.9. The van der Waals surface area contributed by atoms with Gasteiger partial charge in [-0.1, -0.05) is 15.9 Å². The Morgan fingerprint density at radius 1 is 1.29 bits per heavy atom. The molecule has 24 heavy (non-hydrogen) atoms. The van der Waals surface area contributed by atoms with Gasteiger partial charge in [-0.05, 0) is 43.5 Å². The minimum Gasteiger partial charge on any atom is -0.337 e. The third kappa shape index (κ3) is 3.29. The number of nitrogens with zero attached hydrogens (tertiary/aromatic N) is 3. The van der Waals surface area contributed by atoms with Crippen LogP contribution in [0.25, 0.3) is 0 Å². The Hall–Kier alpha value is -1.94. The van der Waals surface area contributed by atoms with Crippen LogP contribution in [-0.4, -0.2) is 47.7 Å². The van der Waals surface area contributed by atoms with E-state index in [1.807, 2.05) is 0 Å². The summed E-state index contributed by atoms with van der Waals surface area (Å²) in [6, 6.07) is 4.83. The average molecular weight is 414 g/mol. The van der Waals surface area contributed by atoms with Gasteiger partial charge in [-0.15, -0.1) is 10.2 Å². The van der Waals surface area contributed by atoms with Gasteiger partial charge in [0.1, 0.15) is 0 Å². The van der Waals surface area contributed by atoms with Crippen molar-refractivity contribution >= 4 is 37.7 Å². The standard InChI is InChI=1S/C14H16BrN5O3S/c1-9-8-10(15)4-5-11(9)24(22,23)18-13-12(16-19-17-13)14(21)20-6-2-3-7-20/h4-5,8H,2-3,6-7H2,1H3,(H2,16,17,18,19). The van der Waals surface area contributed by atoms with E-state index in [1.165, 1.54) is 6.07 Å². The smallest absolute Gasteiger partial charge is 0.278 e. The second-order valence-corrected chi connectivity index (χ2v) is 8.10. The quantitative estimate of drug-likeness (QED) is 0.795. The lowest BCUT2D eigenvalue weighted by atomic mass is 10.2. The fourth-order valence-corrected chi connectivity index (χ4v) is 4.33. The summed E-state index contributed by atoms with van der Waals surface area (Å²) in [5.41, 5.74) is 0.558. The van der Waals surface area contributed by atoms with Crippen LogP contribution >= 0.6 is 15.9 Å². The van der Waals surface area contributed by atoms with Crippen molar-refractivity contribution in [2.75, 3.05) is 17.8 Å². The SMILES string of the molecule is Cc1cc(Br)ccc1S(=O)(=O)Nc1n[nH]nc1C(=O)N1CCCC1. The maximum Gasteiger partial charge on any atom is 0.278 e. The molecule has 0 unspecified atom stereocenters. The number of aromatic nitrogens is 3. The minimum atomic E-state index is -3.87. The molecule has 10 heteroatoms. The highest BCUT2D eigenvalue weighted by Crippen LogP contribution is 2.23. The molecule has 0 bridgehead atoms. The van der Waals surface area contributed by atoms with Crippen molar-refractivity contribution in [1.29, 1.82) is 0 Å². The molecule has 0 aliphatic carbocycles. The highest BCUT2D eigenvalue weighted by molar-refractivity contribution is 9.10. The molecule has 0 saturated carbocycles. The van der Waals surface area contributed by atoms with E-state index in [1.54, 1.807) is 24.0 Å². The number of H-pyrrole nitrogens is 1. The normalized spacial score (nSPS) is 14.8. The number of sulfonamides is 1. The topological polar surface area (TPSA) is 108 Å². The number of aromatic amines is 1. The highest BCUT2D eigenvalue weighted by Gasteiger charge is 2.28. The molecule has 128 valence electrons. The van der Waals surface area contributed by atoms with Crippen LogP contribution in [0, 0.1) is 6.92 Å². The summed E-state index contributed by atoms with van der Waals surface area (Å²) in [7, 11) is -3.87. The second-order valence-electron chi connectivity index (χ2n) is 5.54. The molecule has 1 aromatic carbocycles. The summed E-state index contributed by atoms with van der Waals surface area (Å²) < 4.78 is 28.3. The zero-order chi connectivity index (χ0) is 17.3. The first-order chi connectivity index (χ1) is 11.4. The van der Waals surface area contributed by atoms with Crippen molar-refractivity contribution < 1.29 is 13.2 Å². The second kappa shape index (κ2) is 6.52. The van der Waals surface area contributed by atoms with Crippen LogP contribution in [0.3, 0.4) is 0 Å². The van der Waals surface area contributed by atoms with Gasteiger partial charge in [-0.2, -0.15) is 5.21 Å². The first-order valence-electron chi connectivity index (χ1n) is 7.37. The van der Waals surface area contributed by atoms with Crippen molar-refractivity contribution in [3.05, 3.63) is 33.9 Å². The number of carbonyl (C=O) groups is 1. The molecule has 8 nitrogen and oxygen atoms in total. The lowest BCUT2D eigenvalue weighted by molar-refractivity contribution is 0.0788. The summed E-state index contributed by atoms with van der Waals surface area (Å²) in [5.74, 6) is -0.416. The molecule has 0 radical (unpaired) electrons. The van der Waals surface area contributed by atoms with Crippen molar-refractivity contribution in [1.82, 2.24) is 20.3 Å². The monoisotopic (exact) mass is 413 g/mol. The summed E-state index contributed by atoms with van der Waals surface area (Å²) in [4.78, 5) is 14.2. The Bertz CT molecular complexity index is 874. The van der Waals surface area contributed by atoms with E-state index >= 15 is 0 Å². The number of rotatable bonds is 4. The Labute approximate surface area is 147 Å². The van der Waals surface area contributed by atoms with Gasteiger partial charge < -0.3 is 4.90 Å². The van der Waals surface area contributed by atoms with Crippen LogP contribution in [0.5, 0.6) is 0 Å². The number of aryl methyl sites for hydroxylation is 1. The van der Waals surface area contributed by atoms with Crippen molar-refractivity contribution in [2.45, 2.75) is 24.7 Å². The number of halogens is 1. The maximum atomic E-state index is 12.6. The van der Waals surface area contributed by atoms with Gasteiger partial charge in [0, 0.05) is 17.6 Å². The number of carbonyl (C=O) groups excluding carboxylic acids is 1. The van der Waals surface area contributed by atoms with Crippen LogP contribution < -0.4 is 4.72 Å². The third-order valence-corrected chi connectivity index (χ3v) is 5.79. The van der Waals surface area contributed by atoms with Gasteiger partial charge >= 0.3 is 0 Å².